The van der Waals surface area contributed by atoms with Gasteiger partial charge in [-0.2, -0.15) is 20.0 Å². The zero-order chi connectivity index (χ0) is 18.1. The van der Waals surface area contributed by atoms with E-state index in [0.29, 0.717) is 17.9 Å². The Kier molecular flexibility index (Phi) is 3.82. The van der Waals surface area contributed by atoms with Gasteiger partial charge in [-0.15, -0.1) is 0 Å². The summed E-state index contributed by atoms with van der Waals surface area (Å²) in [7, 11) is 0. The van der Waals surface area contributed by atoms with Gasteiger partial charge in [0.1, 0.15) is 6.07 Å². The fraction of sp³-hybridized carbons (Fsp3) is 0.100. The molecule has 0 bridgehead atoms. The largest absolute Gasteiger partial charge is 0.311 e. The molecule has 2 heterocycles. The summed E-state index contributed by atoms with van der Waals surface area (Å²) in [5.41, 5.74) is 3.62. The molecule has 0 spiro atoms. The monoisotopic (exact) mass is 341 g/mol. The van der Waals surface area contributed by atoms with E-state index < -0.39 is 5.56 Å². The molecule has 6 nitrogen and oxygen atoms in total. The molecule has 0 atom stereocenters. The summed E-state index contributed by atoms with van der Waals surface area (Å²) in [5.74, 6) is 0. The van der Waals surface area contributed by atoms with E-state index in [9.17, 15) is 10.1 Å². The van der Waals surface area contributed by atoms with Gasteiger partial charge in [0.2, 0.25) is 5.69 Å². The van der Waals surface area contributed by atoms with Crippen molar-refractivity contribution in [2.45, 2.75) is 13.5 Å². The van der Waals surface area contributed by atoms with Crippen LogP contribution >= 0.6 is 0 Å². The fourth-order valence-corrected chi connectivity index (χ4v) is 2.82. The third-order valence-corrected chi connectivity index (χ3v) is 4.20. The minimum absolute atomic E-state index is 0.174. The number of nitriles is 1. The Balaban J connectivity index is 1.90. The Labute approximate surface area is 149 Å². The SMILES string of the molecule is Cc1ccc(Cn2nc(C#N)c(=O)n3nc(-c4ccccc4)cc23)cc1. The molecule has 0 radical (unpaired) electrons. The molecule has 2 aromatic carbocycles. The Morgan fingerprint density at radius 3 is 2.46 bits per heavy atom. The smallest absolute Gasteiger partial charge is 0.264 e. The van der Waals surface area contributed by atoms with Crippen molar-refractivity contribution >= 4 is 5.65 Å². The molecular formula is C20H15N5O. The third kappa shape index (κ3) is 2.76. The van der Waals surface area contributed by atoms with Gasteiger partial charge in [-0.3, -0.25) is 4.79 Å². The lowest BCUT2D eigenvalue weighted by atomic mass is 10.1. The van der Waals surface area contributed by atoms with E-state index >= 15 is 0 Å². The van der Waals surface area contributed by atoms with Gasteiger partial charge in [0.05, 0.1) is 12.2 Å². The van der Waals surface area contributed by atoms with Crippen LogP contribution in [-0.2, 0) is 6.54 Å². The van der Waals surface area contributed by atoms with Crippen LogP contribution in [0.4, 0.5) is 0 Å². The van der Waals surface area contributed by atoms with Gasteiger partial charge in [0.25, 0.3) is 0 Å². The average Bonchev–Trinajstić information content (AvgIpc) is 3.13. The number of rotatable bonds is 3. The summed E-state index contributed by atoms with van der Waals surface area (Å²) in [5, 5.41) is 17.9. The second-order valence-corrected chi connectivity index (χ2v) is 6.07. The van der Waals surface area contributed by atoms with E-state index in [1.807, 2.05) is 73.7 Å². The predicted octanol–water partition coefficient (Wildman–Crippen LogP) is 2.79. The van der Waals surface area contributed by atoms with Crippen molar-refractivity contribution in [3.05, 3.63) is 87.8 Å². The van der Waals surface area contributed by atoms with Gasteiger partial charge in [-0.1, -0.05) is 60.2 Å². The highest BCUT2D eigenvalue weighted by atomic mass is 16.1. The van der Waals surface area contributed by atoms with E-state index in [4.69, 9.17) is 0 Å². The maximum absolute atomic E-state index is 12.5. The van der Waals surface area contributed by atoms with Crippen molar-refractivity contribution in [3.8, 4) is 17.3 Å². The van der Waals surface area contributed by atoms with Crippen molar-refractivity contribution in [2.75, 3.05) is 0 Å². The number of hydrogen-bond acceptors (Lipinski definition) is 4. The Bertz CT molecular complexity index is 1180. The van der Waals surface area contributed by atoms with Crippen LogP contribution in [0.2, 0.25) is 0 Å². The molecule has 0 aliphatic carbocycles. The average molecular weight is 341 g/mol. The zero-order valence-electron chi connectivity index (χ0n) is 14.1. The number of hydrogen-bond donors (Lipinski definition) is 0. The lowest BCUT2D eigenvalue weighted by Gasteiger charge is -2.08. The van der Waals surface area contributed by atoms with Crippen LogP contribution in [0.3, 0.4) is 0 Å². The van der Waals surface area contributed by atoms with Crippen LogP contribution in [0.25, 0.3) is 16.9 Å². The minimum atomic E-state index is -0.509. The maximum Gasteiger partial charge on any atom is 0.311 e. The molecule has 26 heavy (non-hydrogen) atoms. The zero-order valence-corrected chi connectivity index (χ0v) is 14.1. The summed E-state index contributed by atoms with van der Waals surface area (Å²) in [6.45, 7) is 2.47. The van der Waals surface area contributed by atoms with Crippen molar-refractivity contribution < 1.29 is 0 Å². The standard InChI is InChI=1S/C20H15N5O/c1-14-7-9-15(10-8-14)13-24-19-11-17(16-5-3-2-4-6-16)23-25(19)20(26)18(12-21)22-24/h2-11H,13H2,1H3. The van der Waals surface area contributed by atoms with Crippen molar-refractivity contribution in [3.63, 3.8) is 0 Å². The van der Waals surface area contributed by atoms with Gasteiger partial charge in [-0.25, -0.2) is 4.68 Å². The summed E-state index contributed by atoms with van der Waals surface area (Å²) >= 11 is 0. The first-order valence-corrected chi connectivity index (χ1v) is 8.17. The molecular weight excluding hydrogens is 326 g/mol. The van der Waals surface area contributed by atoms with Crippen molar-refractivity contribution in [2.24, 2.45) is 0 Å². The third-order valence-electron chi connectivity index (χ3n) is 4.20. The minimum Gasteiger partial charge on any atom is -0.264 e. The fourth-order valence-electron chi connectivity index (χ4n) is 2.82. The Morgan fingerprint density at radius 2 is 1.77 bits per heavy atom. The number of fused-ring (bicyclic) bond motifs is 1. The molecule has 0 unspecified atom stereocenters. The van der Waals surface area contributed by atoms with Gasteiger partial charge in [0, 0.05) is 11.6 Å². The molecule has 6 heteroatoms. The molecule has 0 saturated carbocycles. The topological polar surface area (TPSA) is 76.0 Å². The van der Waals surface area contributed by atoms with Crippen LogP contribution in [-0.4, -0.2) is 19.4 Å². The lowest BCUT2D eigenvalue weighted by Crippen LogP contribution is -2.25. The summed E-state index contributed by atoms with van der Waals surface area (Å²) in [6.07, 6.45) is 0. The first kappa shape index (κ1) is 15.8. The van der Waals surface area contributed by atoms with Crippen molar-refractivity contribution in [1.29, 1.82) is 5.26 Å². The molecule has 4 aromatic rings. The highest BCUT2D eigenvalue weighted by Gasteiger charge is 2.14. The molecule has 0 aliphatic heterocycles. The molecule has 126 valence electrons. The molecule has 0 saturated heterocycles. The molecule has 0 aliphatic rings. The van der Waals surface area contributed by atoms with Gasteiger partial charge in [0.15, 0.2) is 5.65 Å². The van der Waals surface area contributed by atoms with Gasteiger partial charge < -0.3 is 0 Å². The molecule has 0 amide bonds. The second-order valence-electron chi connectivity index (χ2n) is 6.07. The van der Waals surface area contributed by atoms with Gasteiger partial charge >= 0.3 is 5.56 Å². The van der Waals surface area contributed by atoms with Crippen LogP contribution in [0.1, 0.15) is 16.8 Å². The first-order chi connectivity index (χ1) is 12.7. The first-order valence-electron chi connectivity index (χ1n) is 8.17. The molecule has 4 rings (SSSR count). The summed E-state index contributed by atoms with van der Waals surface area (Å²) in [4.78, 5) is 12.5. The van der Waals surface area contributed by atoms with E-state index in [1.54, 1.807) is 4.68 Å². The normalized spacial score (nSPS) is 10.8. The number of nitrogens with zero attached hydrogens (tertiary/aromatic N) is 5. The van der Waals surface area contributed by atoms with Gasteiger partial charge in [-0.05, 0) is 12.5 Å². The van der Waals surface area contributed by atoms with E-state index in [-0.39, 0.29) is 5.69 Å². The highest BCUT2D eigenvalue weighted by Crippen LogP contribution is 2.19. The molecule has 0 N–H and O–H groups in total. The maximum atomic E-state index is 12.5. The number of aryl methyl sites for hydroxylation is 1. The van der Waals surface area contributed by atoms with E-state index in [0.717, 1.165) is 11.1 Å². The van der Waals surface area contributed by atoms with Crippen LogP contribution < -0.4 is 5.56 Å². The Morgan fingerprint density at radius 1 is 1.04 bits per heavy atom. The van der Waals surface area contributed by atoms with Crippen molar-refractivity contribution in [1.82, 2.24) is 19.4 Å². The predicted molar refractivity (Wildman–Crippen MR) is 97.7 cm³/mol. The lowest BCUT2D eigenvalue weighted by molar-refractivity contribution is 0.648. The quantitative estimate of drug-likeness (QED) is 0.574. The summed E-state index contributed by atoms with van der Waals surface area (Å²) < 4.78 is 2.89. The number of benzene rings is 2. The van der Waals surface area contributed by atoms with Crippen LogP contribution in [0.5, 0.6) is 0 Å². The highest BCUT2D eigenvalue weighted by molar-refractivity contribution is 5.64. The van der Waals surface area contributed by atoms with E-state index in [1.165, 1.54) is 10.1 Å². The summed E-state index contributed by atoms with van der Waals surface area (Å²) in [6, 6.07) is 21.3. The molecule has 0 fully saturated rings. The molecule has 2 aromatic heterocycles. The van der Waals surface area contributed by atoms with Crippen LogP contribution in [0.15, 0.2) is 65.5 Å². The number of aromatic nitrogens is 4. The second kappa shape index (κ2) is 6.30. The Hall–Kier alpha value is -3.72. The van der Waals surface area contributed by atoms with Crippen LogP contribution in [0, 0.1) is 18.3 Å². The van der Waals surface area contributed by atoms with E-state index in [2.05, 4.69) is 10.2 Å².